The maximum atomic E-state index is 13.5. The van der Waals surface area contributed by atoms with Crippen LogP contribution in [-0.2, 0) is 14.8 Å². The monoisotopic (exact) mass is 356 g/mol. The summed E-state index contributed by atoms with van der Waals surface area (Å²) in [7, 11) is -3.29. The van der Waals surface area contributed by atoms with E-state index in [1.165, 1.54) is 6.07 Å². The van der Waals surface area contributed by atoms with E-state index in [2.05, 4.69) is 10.0 Å². The van der Waals surface area contributed by atoms with Crippen molar-refractivity contribution < 1.29 is 17.6 Å². The number of halogens is 1. The van der Waals surface area contributed by atoms with Crippen molar-refractivity contribution >= 4 is 21.6 Å². The first-order chi connectivity index (χ1) is 11.2. The Bertz CT molecular complexity index is 696. The minimum atomic E-state index is -3.29. The second-order valence-corrected chi connectivity index (χ2v) is 8.98. The lowest BCUT2D eigenvalue weighted by molar-refractivity contribution is -0.120. The van der Waals surface area contributed by atoms with Gasteiger partial charge >= 0.3 is 0 Å². The minimum Gasteiger partial charge on any atom is -0.326 e. The summed E-state index contributed by atoms with van der Waals surface area (Å²) in [6, 6.07) is 4.51. The maximum absolute atomic E-state index is 13.5. The van der Waals surface area contributed by atoms with Gasteiger partial charge in [0, 0.05) is 17.6 Å². The molecule has 5 nitrogen and oxygen atoms in total. The van der Waals surface area contributed by atoms with Crippen molar-refractivity contribution in [2.24, 2.45) is 5.92 Å². The van der Waals surface area contributed by atoms with Crippen LogP contribution in [0.5, 0.6) is 0 Å². The highest BCUT2D eigenvalue weighted by atomic mass is 32.2. The second kappa shape index (κ2) is 7.61. The summed E-state index contributed by atoms with van der Waals surface area (Å²) in [6.45, 7) is 4.95. The molecular weight excluding hydrogens is 331 g/mol. The first-order valence-corrected chi connectivity index (χ1v) is 9.82. The Morgan fingerprint density at radius 3 is 2.38 bits per heavy atom. The summed E-state index contributed by atoms with van der Waals surface area (Å²) in [5, 5.41) is 2.28. The molecule has 2 N–H and O–H groups in total. The molecule has 1 aliphatic carbocycles. The van der Waals surface area contributed by atoms with Crippen LogP contribution < -0.4 is 10.0 Å². The highest BCUT2D eigenvalue weighted by Gasteiger charge is 2.29. The van der Waals surface area contributed by atoms with Gasteiger partial charge in [-0.25, -0.2) is 17.5 Å². The summed E-state index contributed by atoms with van der Waals surface area (Å²) < 4.78 is 40.0. The first-order valence-electron chi connectivity index (χ1n) is 8.27. The fourth-order valence-electron chi connectivity index (χ4n) is 2.76. The predicted octanol–water partition coefficient (Wildman–Crippen LogP) is 2.96. The number of aryl methyl sites for hydroxylation is 1. The number of amides is 1. The third-order valence-corrected chi connectivity index (χ3v) is 6.39. The maximum Gasteiger partial charge on any atom is 0.227 e. The van der Waals surface area contributed by atoms with Gasteiger partial charge in [-0.1, -0.05) is 6.07 Å². The molecule has 0 saturated heterocycles. The quantitative estimate of drug-likeness (QED) is 0.852. The highest BCUT2D eigenvalue weighted by molar-refractivity contribution is 7.90. The number of nitrogens with one attached hydrogen (secondary N) is 2. The van der Waals surface area contributed by atoms with E-state index in [4.69, 9.17) is 0 Å². The van der Waals surface area contributed by atoms with Crippen molar-refractivity contribution in [3.8, 4) is 0 Å². The number of carbonyl (C=O) groups excluding carboxylic acids is 1. The smallest absolute Gasteiger partial charge is 0.227 e. The van der Waals surface area contributed by atoms with Crippen LogP contribution in [-0.4, -0.2) is 25.6 Å². The van der Waals surface area contributed by atoms with Crippen molar-refractivity contribution in [1.82, 2.24) is 4.72 Å². The highest BCUT2D eigenvalue weighted by Crippen LogP contribution is 2.26. The van der Waals surface area contributed by atoms with E-state index in [9.17, 15) is 17.6 Å². The lowest BCUT2D eigenvalue weighted by Gasteiger charge is -2.28. The summed E-state index contributed by atoms with van der Waals surface area (Å²) in [5.41, 5.74) is 0.983. The number of carbonyl (C=O) groups is 1. The van der Waals surface area contributed by atoms with Crippen molar-refractivity contribution in [2.45, 2.75) is 57.7 Å². The van der Waals surface area contributed by atoms with Gasteiger partial charge in [-0.15, -0.1) is 0 Å². The summed E-state index contributed by atoms with van der Waals surface area (Å²) in [5.74, 6) is -0.655. The molecule has 0 bridgehead atoms. The third-order valence-electron chi connectivity index (χ3n) is 4.49. The van der Waals surface area contributed by atoms with E-state index in [1.807, 2.05) is 0 Å². The van der Waals surface area contributed by atoms with Crippen molar-refractivity contribution in [3.63, 3.8) is 0 Å². The first kappa shape index (κ1) is 18.9. The van der Waals surface area contributed by atoms with Crippen LogP contribution in [0.25, 0.3) is 0 Å². The van der Waals surface area contributed by atoms with Gasteiger partial charge < -0.3 is 5.32 Å². The number of sulfonamides is 1. The second-order valence-electron chi connectivity index (χ2n) is 6.71. The summed E-state index contributed by atoms with van der Waals surface area (Å²) in [4.78, 5) is 12.3. The standard InChI is InChI=1S/C17H25FN2O3S/c1-11(2)24(22,23)20-14-8-5-13(6-9-14)17(21)19-15-7-4-12(3)16(18)10-15/h4,7,10-11,13-14,20H,5-6,8-9H2,1-3H3,(H,19,21)/t13-,14-. The minimum absolute atomic E-state index is 0.113. The van der Waals surface area contributed by atoms with E-state index in [0.717, 1.165) is 0 Å². The molecule has 0 aromatic heterocycles. The Kier molecular flexibility index (Phi) is 5.98. The van der Waals surface area contributed by atoms with Crippen LogP contribution in [0.1, 0.15) is 45.1 Å². The molecule has 1 aliphatic rings. The van der Waals surface area contributed by atoms with E-state index in [1.54, 1.807) is 32.9 Å². The summed E-state index contributed by atoms with van der Waals surface area (Å²) >= 11 is 0. The zero-order valence-electron chi connectivity index (χ0n) is 14.3. The van der Waals surface area contributed by atoms with E-state index in [0.29, 0.717) is 36.9 Å². The van der Waals surface area contributed by atoms with Crippen molar-refractivity contribution in [3.05, 3.63) is 29.6 Å². The van der Waals surface area contributed by atoms with Crippen LogP contribution in [0.4, 0.5) is 10.1 Å². The predicted molar refractivity (Wildman–Crippen MR) is 92.7 cm³/mol. The molecule has 1 aromatic carbocycles. The topological polar surface area (TPSA) is 75.3 Å². The number of anilines is 1. The van der Waals surface area contributed by atoms with Crippen LogP contribution >= 0.6 is 0 Å². The number of benzene rings is 1. The molecular formula is C17H25FN2O3S. The molecule has 0 heterocycles. The number of rotatable bonds is 5. The molecule has 0 radical (unpaired) electrons. The zero-order chi connectivity index (χ0) is 17.9. The molecule has 0 aliphatic heterocycles. The molecule has 0 spiro atoms. The number of hydrogen-bond acceptors (Lipinski definition) is 3. The van der Waals surface area contributed by atoms with Gasteiger partial charge in [0.2, 0.25) is 15.9 Å². The SMILES string of the molecule is Cc1ccc(NC(=O)[C@H]2CC[C@H](NS(=O)(=O)C(C)C)CC2)cc1F. The van der Waals surface area contributed by atoms with Crippen LogP contribution in [0.2, 0.25) is 0 Å². The van der Waals surface area contributed by atoms with Gasteiger partial charge in [-0.05, 0) is 64.2 Å². The third kappa shape index (κ3) is 4.77. The molecule has 134 valence electrons. The van der Waals surface area contributed by atoms with Gasteiger partial charge in [0.1, 0.15) is 5.82 Å². The van der Waals surface area contributed by atoms with Crippen LogP contribution in [0, 0.1) is 18.7 Å². The average Bonchev–Trinajstić information content (AvgIpc) is 2.51. The molecule has 24 heavy (non-hydrogen) atoms. The van der Waals surface area contributed by atoms with Gasteiger partial charge in [0.25, 0.3) is 0 Å². The molecule has 0 unspecified atom stereocenters. The fraction of sp³-hybridized carbons (Fsp3) is 0.588. The lowest BCUT2D eigenvalue weighted by atomic mass is 9.86. The van der Waals surface area contributed by atoms with Crippen molar-refractivity contribution in [2.75, 3.05) is 5.32 Å². The fourth-order valence-corrected chi connectivity index (χ4v) is 3.73. The number of hydrogen-bond donors (Lipinski definition) is 2. The molecule has 1 aromatic rings. The van der Waals surface area contributed by atoms with Gasteiger partial charge in [-0.3, -0.25) is 4.79 Å². The Balaban J connectivity index is 1.87. The lowest BCUT2D eigenvalue weighted by Crippen LogP contribution is -2.42. The summed E-state index contributed by atoms with van der Waals surface area (Å²) in [6.07, 6.45) is 2.50. The molecule has 2 rings (SSSR count). The van der Waals surface area contributed by atoms with Gasteiger partial charge in [0.05, 0.1) is 5.25 Å². The van der Waals surface area contributed by atoms with E-state index in [-0.39, 0.29) is 23.7 Å². The Morgan fingerprint density at radius 1 is 1.21 bits per heavy atom. The zero-order valence-corrected chi connectivity index (χ0v) is 15.1. The molecule has 7 heteroatoms. The van der Waals surface area contributed by atoms with E-state index < -0.39 is 15.3 Å². The Labute approximate surface area is 143 Å². The normalized spacial score (nSPS) is 21.7. The molecule has 1 fully saturated rings. The van der Waals surface area contributed by atoms with Crippen molar-refractivity contribution in [1.29, 1.82) is 0 Å². The van der Waals surface area contributed by atoms with Gasteiger partial charge in [-0.2, -0.15) is 0 Å². The average molecular weight is 356 g/mol. The van der Waals surface area contributed by atoms with Crippen LogP contribution in [0.15, 0.2) is 18.2 Å². The van der Waals surface area contributed by atoms with E-state index >= 15 is 0 Å². The largest absolute Gasteiger partial charge is 0.326 e. The Hall–Kier alpha value is -1.47. The molecule has 1 saturated carbocycles. The Morgan fingerprint density at radius 2 is 1.83 bits per heavy atom. The van der Waals surface area contributed by atoms with Crippen LogP contribution in [0.3, 0.4) is 0 Å². The molecule has 1 amide bonds. The van der Waals surface area contributed by atoms with Gasteiger partial charge in [0.15, 0.2) is 0 Å². The molecule has 0 atom stereocenters.